The smallest absolute Gasteiger partial charge is 0.248 e. The number of nitrogens with one attached hydrogen (secondary N) is 1. The van der Waals surface area contributed by atoms with Crippen LogP contribution in [0, 0.1) is 11.3 Å². The SMILES string of the molecule is CC(C=NNC(=O)C1(C)CC1(Br)Br)Cc1ccc2c(c1)OCO2. The second-order valence-corrected chi connectivity index (χ2v) is 10.1. The Balaban J connectivity index is 1.51. The zero-order chi connectivity index (χ0) is 16.7. The molecule has 1 aromatic rings. The van der Waals surface area contributed by atoms with E-state index >= 15 is 0 Å². The van der Waals surface area contributed by atoms with Gasteiger partial charge in [-0.25, -0.2) is 5.43 Å². The summed E-state index contributed by atoms with van der Waals surface area (Å²) in [4.78, 5) is 12.1. The highest BCUT2D eigenvalue weighted by Gasteiger charge is 2.66. The van der Waals surface area contributed by atoms with E-state index in [4.69, 9.17) is 9.47 Å². The van der Waals surface area contributed by atoms with Gasteiger partial charge < -0.3 is 9.47 Å². The number of nitrogens with zero attached hydrogens (tertiary/aromatic N) is 1. The quantitative estimate of drug-likeness (QED) is 0.428. The van der Waals surface area contributed by atoms with Gasteiger partial charge in [-0.2, -0.15) is 5.10 Å². The Labute approximate surface area is 152 Å². The number of ether oxygens (including phenoxy) is 2. The summed E-state index contributed by atoms with van der Waals surface area (Å²) in [6, 6.07) is 5.93. The molecule has 124 valence electrons. The number of rotatable bonds is 5. The van der Waals surface area contributed by atoms with Gasteiger partial charge in [0, 0.05) is 6.21 Å². The first-order valence-electron chi connectivity index (χ1n) is 7.42. The molecule has 1 saturated carbocycles. The number of fused-ring (bicyclic) bond motifs is 1. The number of carbonyl (C=O) groups excluding carboxylic acids is 1. The lowest BCUT2D eigenvalue weighted by atomic mass is 10.0. The van der Waals surface area contributed by atoms with Crippen LogP contribution in [-0.4, -0.2) is 22.1 Å². The third-order valence-electron chi connectivity index (χ3n) is 4.25. The van der Waals surface area contributed by atoms with Crippen molar-refractivity contribution in [2.24, 2.45) is 16.4 Å². The number of carbonyl (C=O) groups is 1. The molecule has 1 aliphatic carbocycles. The zero-order valence-electron chi connectivity index (χ0n) is 12.9. The van der Waals surface area contributed by atoms with Crippen LogP contribution in [0.3, 0.4) is 0 Å². The van der Waals surface area contributed by atoms with E-state index in [0.717, 1.165) is 29.9 Å². The van der Waals surface area contributed by atoms with Crippen LogP contribution in [0.15, 0.2) is 23.3 Å². The lowest BCUT2D eigenvalue weighted by Gasteiger charge is -2.10. The molecule has 0 bridgehead atoms. The third kappa shape index (κ3) is 3.40. The molecular weight excluding hydrogens is 428 g/mol. The fourth-order valence-corrected chi connectivity index (χ4v) is 3.97. The first kappa shape index (κ1) is 16.8. The molecule has 2 atom stereocenters. The average Bonchev–Trinajstić information content (AvgIpc) is 2.85. The monoisotopic (exact) mass is 444 g/mol. The molecule has 23 heavy (non-hydrogen) atoms. The Morgan fingerprint density at radius 3 is 2.83 bits per heavy atom. The van der Waals surface area contributed by atoms with E-state index < -0.39 is 5.41 Å². The van der Waals surface area contributed by atoms with Gasteiger partial charge in [0.2, 0.25) is 12.7 Å². The standard InChI is InChI=1S/C16H18Br2N2O3/c1-10(5-11-3-4-12-13(6-11)23-9-22-12)7-19-20-14(21)15(2)8-16(15,17)18/h3-4,6-7,10H,5,8-9H2,1-2H3,(H,20,21). The summed E-state index contributed by atoms with van der Waals surface area (Å²) in [5, 5.41) is 4.09. The summed E-state index contributed by atoms with van der Waals surface area (Å²) in [6.45, 7) is 4.24. The molecule has 0 saturated heterocycles. The summed E-state index contributed by atoms with van der Waals surface area (Å²) in [5.74, 6) is 1.68. The zero-order valence-corrected chi connectivity index (χ0v) is 16.1. The summed E-state index contributed by atoms with van der Waals surface area (Å²) in [5.41, 5.74) is 3.32. The van der Waals surface area contributed by atoms with Crippen molar-refractivity contribution in [1.82, 2.24) is 5.43 Å². The number of benzene rings is 1. The predicted octanol–water partition coefficient (Wildman–Crippen LogP) is 3.59. The van der Waals surface area contributed by atoms with Crippen molar-refractivity contribution in [2.45, 2.75) is 29.9 Å². The minimum absolute atomic E-state index is 0.0854. The Bertz CT molecular complexity index is 663. The third-order valence-corrected chi connectivity index (χ3v) is 6.56. The number of alkyl halides is 2. The van der Waals surface area contributed by atoms with E-state index in [1.807, 2.05) is 25.1 Å². The normalized spacial score (nSPS) is 25.4. The molecule has 3 rings (SSSR count). The largest absolute Gasteiger partial charge is 0.454 e. The Hall–Kier alpha value is -1.08. The van der Waals surface area contributed by atoms with Crippen LogP contribution in [-0.2, 0) is 11.2 Å². The number of hydrazone groups is 1. The Kier molecular flexibility index (Phi) is 4.44. The van der Waals surface area contributed by atoms with Gasteiger partial charge >= 0.3 is 0 Å². The summed E-state index contributed by atoms with van der Waals surface area (Å²) >= 11 is 6.96. The molecule has 1 fully saturated rings. The number of amides is 1. The number of hydrogen-bond donors (Lipinski definition) is 1. The first-order chi connectivity index (χ1) is 10.8. The minimum Gasteiger partial charge on any atom is -0.454 e. The van der Waals surface area contributed by atoms with Gasteiger partial charge in [-0.15, -0.1) is 0 Å². The van der Waals surface area contributed by atoms with E-state index in [1.165, 1.54) is 0 Å². The fourth-order valence-electron chi connectivity index (χ4n) is 2.49. The Morgan fingerprint density at radius 2 is 2.13 bits per heavy atom. The number of halogens is 2. The van der Waals surface area contributed by atoms with Crippen LogP contribution in [0.5, 0.6) is 11.5 Å². The molecule has 0 spiro atoms. The molecule has 0 aromatic heterocycles. The van der Waals surface area contributed by atoms with Gasteiger partial charge in [0.1, 0.15) is 0 Å². The first-order valence-corrected chi connectivity index (χ1v) is 9.00. The Morgan fingerprint density at radius 1 is 1.43 bits per heavy atom. The van der Waals surface area contributed by atoms with E-state index in [9.17, 15) is 4.79 Å². The minimum atomic E-state index is -0.453. The highest BCUT2D eigenvalue weighted by Crippen LogP contribution is 2.66. The van der Waals surface area contributed by atoms with Gasteiger partial charge in [-0.3, -0.25) is 4.79 Å². The molecule has 5 nitrogen and oxygen atoms in total. The van der Waals surface area contributed by atoms with Crippen molar-refractivity contribution >= 4 is 44.0 Å². The molecule has 0 radical (unpaired) electrons. The van der Waals surface area contributed by atoms with Crippen molar-refractivity contribution in [3.63, 3.8) is 0 Å². The maximum atomic E-state index is 12.1. The van der Waals surface area contributed by atoms with Crippen LogP contribution in [0.2, 0.25) is 0 Å². The van der Waals surface area contributed by atoms with Crippen molar-refractivity contribution in [3.05, 3.63) is 23.8 Å². The van der Waals surface area contributed by atoms with Crippen LogP contribution >= 0.6 is 31.9 Å². The van der Waals surface area contributed by atoms with Gasteiger partial charge in [0.15, 0.2) is 11.5 Å². The van der Waals surface area contributed by atoms with E-state index in [2.05, 4.69) is 49.3 Å². The van der Waals surface area contributed by atoms with Gasteiger partial charge in [0.05, 0.1) is 8.65 Å². The predicted molar refractivity (Wildman–Crippen MR) is 95.4 cm³/mol. The number of hydrogen-bond acceptors (Lipinski definition) is 4. The maximum absolute atomic E-state index is 12.1. The van der Waals surface area contributed by atoms with Crippen molar-refractivity contribution in [2.75, 3.05) is 6.79 Å². The van der Waals surface area contributed by atoms with Crippen LogP contribution < -0.4 is 14.9 Å². The molecule has 1 aromatic carbocycles. The highest BCUT2D eigenvalue weighted by atomic mass is 79.9. The van der Waals surface area contributed by atoms with Crippen molar-refractivity contribution < 1.29 is 14.3 Å². The van der Waals surface area contributed by atoms with Crippen LogP contribution in [0.1, 0.15) is 25.8 Å². The van der Waals surface area contributed by atoms with Gasteiger partial charge in [-0.05, 0) is 43.4 Å². The second-order valence-electron chi connectivity index (χ2n) is 6.30. The van der Waals surface area contributed by atoms with E-state index in [-0.39, 0.29) is 21.9 Å². The van der Waals surface area contributed by atoms with Gasteiger partial charge in [0.25, 0.3) is 0 Å². The lowest BCUT2D eigenvalue weighted by Crippen LogP contribution is -2.29. The highest BCUT2D eigenvalue weighted by molar-refractivity contribution is 9.25. The molecule has 2 aliphatic rings. The summed E-state index contributed by atoms with van der Waals surface area (Å²) in [6.07, 6.45) is 3.32. The van der Waals surface area contributed by atoms with E-state index in [1.54, 1.807) is 6.21 Å². The molecular formula is C16H18Br2N2O3. The lowest BCUT2D eigenvalue weighted by molar-refractivity contribution is -0.125. The van der Waals surface area contributed by atoms with Crippen molar-refractivity contribution in [3.8, 4) is 11.5 Å². The van der Waals surface area contributed by atoms with E-state index in [0.29, 0.717) is 0 Å². The molecule has 2 unspecified atom stereocenters. The van der Waals surface area contributed by atoms with Crippen LogP contribution in [0.25, 0.3) is 0 Å². The molecule has 1 amide bonds. The van der Waals surface area contributed by atoms with Crippen LogP contribution in [0.4, 0.5) is 0 Å². The molecule has 1 N–H and O–H groups in total. The average molecular weight is 446 g/mol. The summed E-state index contributed by atoms with van der Waals surface area (Å²) < 4.78 is 10.4. The second kappa shape index (κ2) is 6.09. The van der Waals surface area contributed by atoms with Crippen molar-refractivity contribution in [1.29, 1.82) is 0 Å². The molecule has 1 aliphatic heterocycles. The van der Waals surface area contributed by atoms with Gasteiger partial charge in [-0.1, -0.05) is 44.8 Å². The topological polar surface area (TPSA) is 59.9 Å². The molecule has 7 heteroatoms. The summed E-state index contributed by atoms with van der Waals surface area (Å²) in [7, 11) is 0. The molecule has 1 heterocycles. The fraction of sp³-hybridized carbons (Fsp3) is 0.500. The maximum Gasteiger partial charge on any atom is 0.248 e.